The van der Waals surface area contributed by atoms with E-state index in [2.05, 4.69) is 22.1 Å². The van der Waals surface area contributed by atoms with E-state index in [-0.39, 0.29) is 49.0 Å². The lowest BCUT2D eigenvalue weighted by molar-refractivity contribution is -0.155. The molecule has 2 atom stereocenters. The van der Waals surface area contributed by atoms with E-state index in [4.69, 9.17) is 18.4 Å². The lowest BCUT2D eigenvalue weighted by Crippen LogP contribution is -2.46. The Morgan fingerprint density at radius 3 is 2.24 bits per heavy atom. The fraction of sp³-hybridized carbons (Fsp3) is 0.521. The van der Waals surface area contributed by atoms with Gasteiger partial charge in [0.1, 0.15) is 30.2 Å². The van der Waals surface area contributed by atoms with E-state index in [0.29, 0.717) is 67.3 Å². The van der Waals surface area contributed by atoms with E-state index in [0.717, 1.165) is 24.8 Å². The maximum Gasteiger partial charge on any atom is 0.410 e. The zero-order valence-electron chi connectivity index (χ0n) is 37.6. The molecule has 1 aromatic heterocycles. The summed E-state index contributed by atoms with van der Waals surface area (Å²) in [6.07, 6.45) is 6.72. The minimum absolute atomic E-state index is 0.00668. The van der Waals surface area contributed by atoms with Gasteiger partial charge in [-0.1, -0.05) is 35.6 Å². The van der Waals surface area contributed by atoms with Crippen LogP contribution in [0.1, 0.15) is 115 Å². The molecule has 0 saturated carbocycles. The maximum absolute atomic E-state index is 13.9. The molecule has 2 aromatic carbocycles. The molecule has 340 valence electrons. The predicted octanol–water partition coefficient (Wildman–Crippen LogP) is 7.13. The summed E-state index contributed by atoms with van der Waals surface area (Å²) in [4.78, 5) is 60.9. The van der Waals surface area contributed by atoms with Crippen molar-refractivity contribution in [1.82, 2.24) is 20.1 Å². The molecule has 3 aromatic rings. The molecule has 2 saturated heterocycles. The first-order valence-corrected chi connectivity index (χ1v) is 23.1. The molecule has 0 aliphatic carbocycles. The van der Waals surface area contributed by atoms with Gasteiger partial charge >= 0.3 is 12.1 Å². The highest BCUT2D eigenvalue weighted by Gasteiger charge is 2.32. The summed E-state index contributed by atoms with van der Waals surface area (Å²) in [7, 11) is -3.92. The molecule has 2 aliphatic heterocycles. The van der Waals surface area contributed by atoms with Crippen LogP contribution in [0.25, 0.3) is 0 Å². The van der Waals surface area contributed by atoms with Crippen LogP contribution in [0.2, 0.25) is 0 Å². The molecule has 1 unspecified atom stereocenters. The van der Waals surface area contributed by atoms with Crippen LogP contribution < -0.4 is 10.1 Å². The van der Waals surface area contributed by atoms with Gasteiger partial charge in [-0.2, -0.15) is 8.42 Å². The lowest BCUT2D eigenvalue weighted by Gasteiger charge is -2.35. The number of hydrogen-bond donors (Lipinski definition) is 1. The maximum atomic E-state index is 13.9. The number of likely N-dealkylation sites (tertiary alicyclic amines) is 2. The van der Waals surface area contributed by atoms with E-state index in [1.54, 1.807) is 85.4 Å². The summed E-state index contributed by atoms with van der Waals surface area (Å²) in [6, 6.07) is 14.4. The average molecular weight is 887 g/mol. The molecule has 2 fully saturated rings. The monoisotopic (exact) mass is 886 g/mol. The van der Waals surface area contributed by atoms with Gasteiger partial charge in [0, 0.05) is 56.1 Å². The van der Waals surface area contributed by atoms with Gasteiger partial charge in [0.2, 0.25) is 11.8 Å². The molecule has 14 nitrogen and oxygen atoms in total. The third-order valence-electron chi connectivity index (χ3n) is 10.5. The summed E-state index contributed by atoms with van der Waals surface area (Å²) in [5.74, 6) is 5.80. The van der Waals surface area contributed by atoms with Crippen LogP contribution in [0.15, 0.2) is 71.9 Å². The molecule has 5 rings (SSSR count). The smallest absolute Gasteiger partial charge is 0.410 e. The number of nitrogens with one attached hydrogen (secondary N) is 1. The highest BCUT2D eigenvalue weighted by molar-refractivity contribution is 7.86. The Labute approximate surface area is 372 Å². The van der Waals surface area contributed by atoms with Gasteiger partial charge in [0.25, 0.3) is 10.1 Å². The van der Waals surface area contributed by atoms with E-state index >= 15 is 0 Å². The Morgan fingerprint density at radius 1 is 0.841 bits per heavy atom. The first-order valence-electron chi connectivity index (χ1n) is 21.7. The molecule has 3 heterocycles. The first kappa shape index (κ1) is 48.6. The second kappa shape index (κ2) is 21.8. The van der Waals surface area contributed by atoms with Crippen molar-refractivity contribution in [3.05, 3.63) is 89.2 Å². The third-order valence-corrected chi connectivity index (χ3v) is 11.9. The first-order chi connectivity index (χ1) is 29.7. The number of hydrogen-bond acceptors (Lipinski definition) is 11. The molecule has 2 aliphatic rings. The van der Waals surface area contributed by atoms with Crippen molar-refractivity contribution in [3.8, 4) is 17.6 Å². The molecule has 15 heteroatoms. The van der Waals surface area contributed by atoms with Crippen LogP contribution in [-0.2, 0) is 38.2 Å². The number of ether oxygens (including phenoxy) is 3. The van der Waals surface area contributed by atoms with Gasteiger partial charge in [-0.25, -0.2) is 4.79 Å². The summed E-state index contributed by atoms with van der Waals surface area (Å²) in [5.41, 5.74) is 1.40. The Balaban J connectivity index is 1.17. The van der Waals surface area contributed by atoms with E-state index in [9.17, 15) is 27.6 Å². The largest absolute Gasteiger partial charge is 0.491 e. The van der Waals surface area contributed by atoms with Crippen molar-refractivity contribution in [2.75, 3.05) is 39.4 Å². The topological polar surface area (TPSA) is 171 Å². The fourth-order valence-corrected chi connectivity index (χ4v) is 8.22. The van der Waals surface area contributed by atoms with E-state index in [1.807, 2.05) is 27.7 Å². The average Bonchev–Trinajstić information content (AvgIpc) is 3.22. The van der Waals surface area contributed by atoms with Crippen molar-refractivity contribution in [2.24, 2.45) is 11.8 Å². The van der Waals surface area contributed by atoms with Crippen LogP contribution in [0.5, 0.6) is 5.75 Å². The standard InChI is InChI=1S/C48H62N4O10S/c1-34-13-18-41(19-14-34)63(57,58)60-27-26-59-40-12-8-10-36(29-40)15-16-37-28-39(32-49-31-37)42(30-44(54)61-47(2,3)4)50-45(55)38-11-9-23-52(33-38)43(53)20-17-35-21-24-51(25-22-35)46(56)62-48(5,6)7/h8,10,12-14,18-19,28-29,31-32,35,38,42H,9,11,17,20-27,30,33H2,1-7H3,(H,50,55)/t38-,42?/m1/s1. The molecule has 1 N–H and O–H groups in total. The minimum atomic E-state index is -3.92. The third kappa shape index (κ3) is 16.0. The number of amides is 3. The van der Waals surface area contributed by atoms with Gasteiger partial charge in [0.15, 0.2) is 0 Å². The number of nitrogens with zero attached hydrogens (tertiary/aromatic N) is 3. The number of piperidine rings is 2. The van der Waals surface area contributed by atoms with Crippen molar-refractivity contribution < 1.29 is 46.0 Å². The van der Waals surface area contributed by atoms with Crippen molar-refractivity contribution in [2.45, 2.75) is 116 Å². The zero-order valence-corrected chi connectivity index (χ0v) is 38.4. The SMILES string of the molecule is Cc1ccc(S(=O)(=O)OCCOc2cccc(C#Cc3cncc(C(CC(=O)OC(C)(C)C)NC(=O)[C@@H]4CCCN(C(=O)CCC5CCN(C(=O)OC(C)(C)C)CC5)C4)c3)c2)cc1. The van der Waals surface area contributed by atoms with Crippen LogP contribution in [0, 0.1) is 30.6 Å². The van der Waals surface area contributed by atoms with Gasteiger partial charge in [-0.05, 0) is 128 Å². The van der Waals surface area contributed by atoms with Gasteiger partial charge in [-0.15, -0.1) is 0 Å². The Bertz CT molecular complexity index is 2230. The number of aromatic nitrogens is 1. The molecular formula is C48H62N4O10S. The predicted molar refractivity (Wildman–Crippen MR) is 237 cm³/mol. The number of esters is 1. The van der Waals surface area contributed by atoms with Crippen molar-refractivity contribution >= 4 is 34.0 Å². The summed E-state index contributed by atoms with van der Waals surface area (Å²) < 4.78 is 47.0. The van der Waals surface area contributed by atoms with Crippen LogP contribution in [0.4, 0.5) is 4.79 Å². The van der Waals surface area contributed by atoms with Gasteiger partial charge < -0.3 is 29.3 Å². The number of aryl methyl sites for hydroxylation is 1. The Morgan fingerprint density at radius 2 is 1.54 bits per heavy atom. The number of carbonyl (C=O) groups excluding carboxylic acids is 4. The Kier molecular flexibility index (Phi) is 16.8. The number of carbonyl (C=O) groups is 4. The number of pyridine rings is 1. The molecule has 3 amide bonds. The number of rotatable bonds is 14. The fourth-order valence-electron chi connectivity index (χ4n) is 7.33. The second-order valence-electron chi connectivity index (χ2n) is 18.2. The van der Waals surface area contributed by atoms with Crippen LogP contribution >= 0.6 is 0 Å². The normalized spacial score (nSPS) is 16.6. The highest BCUT2D eigenvalue weighted by atomic mass is 32.2. The summed E-state index contributed by atoms with van der Waals surface area (Å²) in [5, 5.41) is 3.07. The minimum Gasteiger partial charge on any atom is -0.491 e. The molecular weight excluding hydrogens is 825 g/mol. The molecule has 0 radical (unpaired) electrons. The van der Waals surface area contributed by atoms with Crippen LogP contribution in [0.3, 0.4) is 0 Å². The number of benzene rings is 2. The Hall–Kier alpha value is -5.46. The highest BCUT2D eigenvalue weighted by Crippen LogP contribution is 2.27. The van der Waals surface area contributed by atoms with Gasteiger partial charge in [0.05, 0.1) is 23.3 Å². The zero-order chi connectivity index (χ0) is 45.8. The molecule has 0 bridgehead atoms. The van der Waals surface area contributed by atoms with Crippen LogP contribution in [-0.4, -0.2) is 97.7 Å². The molecule has 63 heavy (non-hydrogen) atoms. The van der Waals surface area contributed by atoms with E-state index in [1.165, 1.54) is 12.1 Å². The van der Waals surface area contributed by atoms with Gasteiger partial charge in [-0.3, -0.25) is 23.6 Å². The summed E-state index contributed by atoms with van der Waals surface area (Å²) in [6.45, 7) is 14.6. The molecule has 0 spiro atoms. The van der Waals surface area contributed by atoms with Crippen molar-refractivity contribution in [3.63, 3.8) is 0 Å². The lowest BCUT2D eigenvalue weighted by atomic mass is 9.91. The van der Waals surface area contributed by atoms with Crippen molar-refractivity contribution in [1.29, 1.82) is 0 Å². The van der Waals surface area contributed by atoms with E-state index < -0.39 is 39.2 Å². The summed E-state index contributed by atoms with van der Waals surface area (Å²) >= 11 is 0. The second-order valence-corrected chi connectivity index (χ2v) is 19.8. The quantitative estimate of drug-likeness (QED) is 0.0756.